The molecule has 0 saturated carbocycles. The maximum absolute atomic E-state index is 10.8. The predicted octanol–water partition coefficient (Wildman–Crippen LogP) is 1.03. The van der Waals surface area contributed by atoms with Crippen LogP contribution in [0.3, 0.4) is 0 Å². The van der Waals surface area contributed by atoms with Crippen molar-refractivity contribution in [3.8, 4) is 5.75 Å². The van der Waals surface area contributed by atoms with Crippen molar-refractivity contribution >= 4 is 5.97 Å². The number of hydrogen-bond donors (Lipinski definition) is 2. The van der Waals surface area contributed by atoms with Crippen molar-refractivity contribution in [3.05, 3.63) is 29.8 Å². The first-order valence-electron chi connectivity index (χ1n) is 5.90. The van der Waals surface area contributed by atoms with Gasteiger partial charge in [-0.1, -0.05) is 12.1 Å². The highest BCUT2D eigenvalue weighted by atomic mass is 16.5. The Labute approximate surface area is 106 Å². The second kappa shape index (κ2) is 5.84. The Bertz CT molecular complexity index is 421. The number of carbonyl (C=O) groups is 1. The van der Waals surface area contributed by atoms with Crippen molar-refractivity contribution in [2.75, 3.05) is 13.7 Å². The summed E-state index contributed by atoms with van der Waals surface area (Å²) in [5.74, 6) is -0.0217. The predicted molar refractivity (Wildman–Crippen MR) is 65.6 cm³/mol. The summed E-state index contributed by atoms with van der Waals surface area (Å²) in [7, 11) is 1.62. The van der Waals surface area contributed by atoms with Gasteiger partial charge in [0.15, 0.2) is 0 Å². The molecule has 2 atom stereocenters. The highest BCUT2D eigenvalue weighted by molar-refractivity contribution is 5.73. The average Bonchev–Trinajstić information content (AvgIpc) is 2.85. The lowest BCUT2D eigenvalue weighted by atomic mass is 10.2. The molecule has 5 nitrogen and oxygen atoms in total. The van der Waals surface area contributed by atoms with Gasteiger partial charge in [0.05, 0.1) is 19.8 Å². The van der Waals surface area contributed by atoms with Crippen molar-refractivity contribution in [3.63, 3.8) is 0 Å². The fourth-order valence-electron chi connectivity index (χ4n) is 1.99. The molecule has 1 saturated heterocycles. The second-order valence-electron chi connectivity index (χ2n) is 4.32. The van der Waals surface area contributed by atoms with Crippen LogP contribution in [-0.4, -0.2) is 36.9 Å². The normalized spacial score (nSPS) is 22.9. The van der Waals surface area contributed by atoms with Gasteiger partial charge >= 0.3 is 5.97 Å². The highest BCUT2D eigenvalue weighted by Gasteiger charge is 2.29. The number of methoxy groups -OCH3 is 1. The van der Waals surface area contributed by atoms with E-state index in [0.29, 0.717) is 19.6 Å². The first-order valence-corrected chi connectivity index (χ1v) is 5.90. The molecule has 5 heteroatoms. The van der Waals surface area contributed by atoms with E-state index in [4.69, 9.17) is 14.6 Å². The summed E-state index contributed by atoms with van der Waals surface area (Å²) in [4.78, 5) is 10.8. The maximum atomic E-state index is 10.8. The molecule has 0 aromatic heterocycles. The Balaban J connectivity index is 1.83. The van der Waals surface area contributed by atoms with E-state index in [2.05, 4.69) is 5.32 Å². The summed E-state index contributed by atoms with van der Waals surface area (Å²) >= 11 is 0. The number of aliphatic carboxylic acids is 1. The summed E-state index contributed by atoms with van der Waals surface area (Å²) in [6.07, 6.45) is 0.469. The van der Waals surface area contributed by atoms with Crippen molar-refractivity contribution in [2.24, 2.45) is 0 Å². The van der Waals surface area contributed by atoms with Gasteiger partial charge in [-0.3, -0.25) is 4.79 Å². The van der Waals surface area contributed by atoms with Gasteiger partial charge in [0.25, 0.3) is 0 Å². The number of benzene rings is 1. The van der Waals surface area contributed by atoms with Crippen LogP contribution >= 0.6 is 0 Å². The Morgan fingerprint density at radius 2 is 2.39 bits per heavy atom. The second-order valence-corrected chi connectivity index (χ2v) is 4.32. The zero-order chi connectivity index (χ0) is 13.0. The van der Waals surface area contributed by atoms with E-state index in [-0.39, 0.29) is 6.10 Å². The summed E-state index contributed by atoms with van der Waals surface area (Å²) in [5.41, 5.74) is 1.02. The van der Waals surface area contributed by atoms with Crippen molar-refractivity contribution in [1.82, 2.24) is 5.32 Å². The monoisotopic (exact) mass is 251 g/mol. The van der Waals surface area contributed by atoms with E-state index in [1.807, 2.05) is 24.3 Å². The molecule has 0 amide bonds. The average molecular weight is 251 g/mol. The maximum Gasteiger partial charge on any atom is 0.320 e. The van der Waals surface area contributed by atoms with E-state index in [1.54, 1.807) is 7.11 Å². The fraction of sp³-hybridized carbons (Fsp3) is 0.462. The molecular formula is C13H17NO4. The number of ether oxygens (including phenoxy) is 2. The minimum Gasteiger partial charge on any atom is -0.497 e. The minimum atomic E-state index is -0.817. The van der Waals surface area contributed by atoms with Gasteiger partial charge in [-0.2, -0.15) is 0 Å². The molecule has 1 aromatic rings. The summed E-state index contributed by atoms with van der Waals surface area (Å²) in [5, 5.41) is 11.8. The van der Waals surface area contributed by atoms with Gasteiger partial charge < -0.3 is 19.9 Å². The van der Waals surface area contributed by atoms with Gasteiger partial charge in [0, 0.05) is 13.0 Å². The third kappa shape index (κ3) is 3.21. The molecule has 0 unspecified atom stereocenters. The van der Waals surface area contributed by atoms with Crippen LogP contribution in [0.25, 0.3) is 0 Å². The molecule has 1 aliphatic rings. The van der Waals surface area contributed by atoms with Crippen LogP contribution in [0.1, 0.15) is 12.0 Å². The fourth-order valence-corrected chi connectivity index (χ4v) is 1.99. The largest absolute Gasteiger partial charge is 0.497 e. The van der Waals surface area contributed by atoms with Gasteiger partial charge in [-0.25, -0.2) is 0 Å². The number of nitrogens with one attached hydrogen (secondary N) is 1. The molecule has 0 bridgehead atoms. The molecule has 2 rings (SSSR count). The van der Waals surface area contributed by atoms with E-state index < -0.39 is 12.0 Å². The smallest absolute Gasteiger partial charge is 0.320 e. The number of carboxylic acids is 1. The molecule has 0 radical (unpaired) electrons. The zero-order valence-corrected chi connectivity index (χ0v) is 10.3. The molecule has 1 aromatic carbocycles. The summed E-state index contributed by atoms with van der Waals surface area (Å²) in [6, 6.07) is 7.17. The topological polar surface area (TPSA) is 67.8 Å². The van der Waals surface area contributed by atoms with E-state index in [9.17, 15) is 4.79 Å². The third-order valence-electron chi connectivity index (χ3n) is 3.01. The van der Waals surface area contributed by atoms with Crippen LogP contribution in [0.4, 0.5) is 0 Å². The SMILES string of the molecule is COc1cccc(CO[C@@H]2CN[C@H](C(=O)O)C2)c1. The van der Waals surface area contributed by atoms with Crippen molar-refractivity contribution in [2.45, 2.75) is 25.2 Å². The lowest BCUT2D eigenvalue weighted by Gasteiger charge is -2.11. The molecule has 18 heavy (non-hydrogen) atoms. The molecule has 0 aliphatic carbocycles. The molecular weight excluding hydrogens is 234 g/mol. The van der Waals surface area contributed by atoms with Crippen LogP contribution in [0.5, 0.6) is 5.75 Å². The van der Waals surface area contributed by atoms with Gasteiger partial charge in [0.2, 0.25) is 0 Å². The molecule has 2 N–H and O–H groups in total. The van der Waals surface area contributed by atoms with E-state index in [0.717, 1.165) is 11.3 Å². The summed E-state index contributed by atoms with van der Waals surface area (Å²) in [6.45, 7) is 1.05. The van der Waals surface area contributed by atoms with E-state index >= 15 is 0 Å². The molecule has 98 valence electrons. The van der Waals surface area contributed by atoms with Crippen molar-refractivity contribution in [1.29, 1.82) is 0 Å². The van der Waals surface area contributed by atoms with Crippen LogP contribution in [0.2, 0.25) is 0 Å². The third-order valence-corrected chi connectivity index (χ3v) is 3.01. The lowest BCUT2D eigenvalue weighted by Crippen LogP contribution is -2.29. The first kappa shape index (κ1) is 12.9. The van der Waals surface area contributed by atoms with E-state index in [1.165, 1.54) is 0 Å². The highest BCUT2D eigenvalue weighted by Crippen LogP contribution is 2.16. The Morgan fingerprint density at radius 3 is 3.06 bits per heavy atom. The molecule has 1 heterocycles. The number of hydrogen-bond acceptors (Lipinski definition) is 4. The van der Waals surface area contributed by atoms with Crippen molar-refractivity contribution < 1.29 is 19.4 Å². The standard InChI is InChI=1S/C13H17NO4/c1-17-10-4-2-3-9(5-10)8-18-11-6-12(13(15)16)14-7-11/h2-5,11-12,14H,6-8H2,1H3,(H,15,16)/t11-,12-/m0/s1. The first-order chi connectivity index (χ1) is 8.69. The van der Waals surface area contributed by atoms with Crippen LogP contribution in [-0.2, 0) is 16.1 Å². The molecule has 0 spiro atoms. The Kier molecular flexibility index (Phi) is 4.17. The quantitative estimate of drug-likeness (QED) is 0.818. The van der Waals surface area contributed by atoms with Crippen LogP contribution < -0.4 is 10.1 Å². The molecule has 1 aliphatic heterocycles. The zero-order valence-electron chi connectivity index (χ0n) is 10.3. The van der Waals surface area contributed by atoms with Gasteiger partial charge in [0.1, 0.15) is 11.8 Å². The van der Waals surface area contributed by atoms with Crippen LogP contribution in [0, 0.1) is 0 Å². The van der Waals surface area contributed by atoms with Crippen LogP contribution in [0.15, 0.2) is 24.3 Å². The van der Waals surface area contributed by atoms with Gasteiger partial charge in [-0.05, 0) is 17.7 Å². The summed E-state index contributed by atoms with van der Waals surface area (Å²) < 4.78 is 10.8. The Hall–Kier alpha value is -1.59. The lowest BCUT2D eigenvalue weighted by molar-refractivity contribution is -0.139. The minimum absolute atomic E-state index is 0.0442. The number of carboxylic acid groups (broad SMARTS) is 1. The number of rotatable bonds is 5. The Morgan fingerprint density at radius 1 is 1.56 bits per heavy atom. The molecule has 1 fully saturated rings. The van der Waals surface area contributed by atoms with Gasteiger partial charge in [-0.15, -0.1) is 0 Å².